The molecule has 12 heteroatoms. The molecule has 44 heavy (non-hydrogen) atoms. The third-order valence-corrected chi connectivity index (χ3v) is 9.37. The van der Waals surface area contributed by atoms with Gasteiger partial charge in [0.15, 0.2) is 0 Å². The number of hydrogen-bond donors (Lipinski definition) is 1. The van der Waals surface area contributed by atoms with E-state index in [-0.39, 0.29) is 36.3 Å². The van der Waals surface area contributed by atoms with Crippen molar-refractivity contribution < 1.29 is 22.9 Å². The van der Waals surface area contributed by atoms with Crippen LogP contribution in [-0.2, 0) is 32.6 Å². The van der Waals surface area contributed by atoms with Crippen LogP contribution < -0.4 is 9.62 Å². The third kappa shape index (κ3) is 8.57. The Hall–Kier alpha value is -3.96. The molecule has 2 amide bonds. The number of anilines is 1. The fourth-order valence-electron chi connectivity index (χ4n) is 5.48. The monoisotopic (exact) mass is 640 g/mol. The van der Waals surface area contributed by atoms with Gasteiger partial charge in [0.25, 0.3) is 5.69 Å². The molecule has 1 aliphatic rings. The van der Waals surface area contributed by atoms with Crippen LogP contribution in [0.4, 0.5) is 11.4 Å². The highest BCUT2D eigenvalue weighted by Crippen LogP contribution is 2.29. The van der Waals surface area contributed by atoms with Crippen LogP contribution >= 0.6 is 11.6 Å². The Kier molecular flexibility index (Phi) is 11.0. The lowest BCUT2D eigenvalue weighted by molar-refractivity contribution is -0.384. The molecule has 1 aliphatic carbocycles. The number of rotatable bonds is 12. The number of sulfonamides is 1. The first-order valence-corrected chi connectivity index (χ1v) is 16.8. The Morgan fingerprint density at radius 3 is 2.32 bits per heavy atom. The summed E-state index contributed by atoms with van der Waals surface area (Å²) < 4.78 is 27.0. The Morgan fingerprint density at radius 1 is 1.02 bits per heavy atom. The number of nitro groups is 1. The van der Waals surface area contributed by atoms with E-state index in [0.717, 1.165) is 54.3 Å². The SMILES string of the molecule is Cc1ccc([N+](=O)[O-])cc1N(CC(=O)N(Cc1ccccc1Cl)[C@@H](Cc1ccccc1)C(=O)NC1CCCCC1)S(C)(=O)=O. The molecule has 1 N–H and O–H groups in total. The molecule has 4 rings (SSSR count). The number of nitrogens with zero attached hydrogens (tertiary/aromatic N) is 3. The van der Waals surface area contributed by atoms with Gasteiger partial charge in [0, 0.05) is 36.2 Å². The summed E-state index contributed by atoms with van der Waals surface area (Å²) >= 11 is 6.51. The lowest BCUT2D eigenvalue weighted by atomic mass is 9.94. The zero-order valence-corrected chi connectivity index (χ0v) is 26.4. The first-order chi connectivity index (χ1) is 20.9. The predicted molar refractivity (Wildman–Crippen MR) is 171 cm³/mol. The molecular weight excluding hydrogens is 604 g/mol. The predicted octanol–water partition coefficient (Wildman–Crippen LogP) is 5.41. The molecule has 0 heterocycles. The number of non-ortho nitro benzene ring substituents is 1. The van der Waals surface area contributed by atoms with Gasteiger partial charge in [-0.1, -0.05) is 85.5 Å². The summed E-state index contributed by atoms with van der Waals surface area (Å²) in [4.78, 5) is 40.6. The lowest BCUT2D eigenvalue weighted by Crippen LogP contribution is -2.55. The number of carbonyl (C=O) groups is 2. The number of hydrogen-bond acceptors (Lipinski definition) is 6. The number of benzene rings is 3. The van der Waals surface area contributed by atoms with E-state index in [0.29, 0.717) is 16.1 Å². The van der Waals surface area contributed by atoms with E-state index in [1.165, 1.54) is 17.0 Å². The number of nitro benzene ring substituents is 1. The van der Waals surface area contributed by atoms with E-state index in [4.69, 9.17) is 11.6 Å². The van der Waals surface area contributed by atoms with Crippen LogP contribution in [-0.4, -0.2) is 54.9 Å². The first-order valence-electron chi connectivity index (χ1n) is 14.5. The van der Waals surface area contributed by atoms with Gasteiger partial charge in [-0.15, -0.1) is 0 Å². The number of aryl methyl sites for hydroxylation is 1. The second-order valence-electron chi connectivity index (χ2n) is 11.2. The summed E-state index contributed by atoms with van der Waals surface area (Å²) in [6, 6.07) is 19.1. The summed E-state index contributed by atoms with van der Waals surface area (Å²) in [5.41, 5.74) is 1.54. The average molecular weight is 641 g/mol. The molecule has 0 radical (unpaired) electrons. The van der Waals surface area contributed by atoms with Crippen molar-refractivity contribution in [3.05, 3.63) is 105 Å². The van der Waals surface area contributed by atoms with Gasteiger partial charge in [-0.3, -0.25) is 24.0 Å². The Labute approximate surface area is 263 Å². The second-order valence-corrected chi connectivity index (χ2v) is 13.5. The summed E-state index contributed by atoms with van der Waals surface area (Å²) in [5.74, 6) is -0.987. The van der Waals surface area contributed by atoms with Gasteiger partial charge in [0.2, 0.25) is 21.8 Å². The molecule has 1 atom stereocenters. The van der Waals surface area contributed by atoms with Gasteiger partial charge >= 0.3 is 0 Å². The molecular formula is C32H37ClN4O6S. The van der Waals surface area contributed by atoms with Crippen LogP contribution in [0.25, 0.3) is 0 Å². The van der Waals surface area contributed by atoms with E-state index >= 15 is 0 Å². The molecule has 3 aromatic carbocycles. The van der Waals surface area contributed by atoms with Gasteiger partial charge < -0.3 is 10.2 Å². The van der Waals surface area contributed by atoms with Gasteiger partial charge in [-0.25, -0.2) is 8.42 Å². The molecule has 0 unspecified atom stereocenters. The number of amides is 2. The van der Waals surface area contributed by atoms with Crippen molar-refractivity contribution in [2.45, 2.75) is 64.1 Å². The molecule has 1 saturated carbocycles. The minimum absolute atomic E-state index is 0.0130. The fourth-order valence-corrected chi connectivity index (χ4v) is 6.58. The highest BCUT2D eigenvalue weighted by Gasteiger charge is 2.35. The quantitative estimate of drug-likeness (QED) is 0.208. The van der Waals surface area contributed by atoms with Crippen LogP contribution in [0.1, 0.15) is 48.8 Å². The van der Waals surface area contributed by atoms with Crippen molar-refractivity contribution in [1.29, 1.82) is 0 Å². The van der Waals surface area contributed by atoms with Crippen molar-refractivity contribution in [3.63, 3.8) is 0 Å². The smallest absolute Gasteiger partial charge is 0.271 e. The molecule has 1 fully saturated rings. The van der Waals surface area contributed by atoms with Gasteiger partial charge in [0.1, 0.15) is 12.6 Å². The van der Waals surface area contributed by atoms with Crippen molar-refractivity contribution >= 4 is 44.8 Å². The largest absolute Gasteiger partial charge is 0.352 e. The van der Waals surface area contributed by atoms with Crippen LogP contribution in [0, 0.1) is 17.0 Å². The van der Waals surface area contributed by atoms with Crippen LogP contribution in [0.15, 0.2) is 72.8 Å². The maximum absolute atomic E-state index is 14.3. The molecule has 0 spiro atoms. The number of nitrogens with one attached hydrogen (secondary N) is 1. The Morgan fingerprint density at radius 2 is 1.68 bits per heavy atom. The summed E-state index contributed by atoms with van der Waals surface area (Å²) in [7, 11) is -4.08. The molecule has 10 nitrogen and oxygen atoms in total. The Bertz CT molecular complexity index is 1600. The highest BCUT2D eigenvalue weighted by molar-refractivity contribution is 7.92. The van der Waals surface area contributed by atoms with Crippen molar-refractivity contribution in [3.8, 4) is 0 Å². The van der Waals surface area contributed by atoms with E-state index < -0.39 is 33.4 Å². The first kappa shape index (κ1) is 32.9. The minimum atomic E-state index is -4.08. The van der Waals surface area contributed by atoms with E-state index in [1.54, 1.807) is 31.2 Å². The standard InChI is InChI=1S/C32H37ClN4O6S/c1-23-17-18-27(37(40)41)20-29(23)36(44(2,42)43)22-31(38)35(21-25-13-9-10-16-28(25)33)30(19-24-11-5-3-6-12-24)32(39)34-26-14-7-4-8-15-26/h3,5-6,9-13,16-18,20,26,30H,4,7-8,14-15,19,21-22H2,1-2H3,(H,34,39)/t30-/m0/s1. The van der Waals surface area contributed by atoms with Gasteiger partial charge in [-0.05, 0) is 42.5 Å². The third-order valence-electron chi connectivity index (χ3n) is 7.87. The topological polar surface area (TPSA) is 130 Å². The van der Waals surface area contributed by atoms with Crippen LogP contribution in [0.5, 0.6) is 0 Å². The van der Waals surface area contributed by atoms with Gasteiger partial charge in [-0.2, -0.15) is 0 Å². The summed E-state index contributed by atoms with van der Waals surface area (Å²) in [6.45, 7) is 0.881. The molecule has 0 aromatic heterocycles. The zero-order valence-electron chi connectivity index (χ0n) is 24.8. The average Bonchev–Trinajstić information content (AvgIpc) is 2.99. The molecule has 0 saturated heterocycles. The molecule has 0 bridgehead atoms. The number of halogens is 1. The minimum Gasteiger partial charge on any atom is -0.352 e. The fraction of sp³-hybridized carbons (Fsp3) is 0.375. The van der Waals surface area contributed by atoms with E-state index in [9.17, 15) is 28.1 Å². The van der Waals surface area contributed by atoms with E-state index in [1.807, 2.05) is 30.3 Å². The van der Waals surface area contributed by atoms with Crippen molar-refractivity contribution in [2.24, 2.45) is 0 Å². The van der Waals surface area contributed by atoms with Crippen LogP contribution in [0.2, 0.25) is 5.02 Å². The Balaban J connectivity index is 1.77. The normalized spacial score (nSPS) is 14.4. The molecule has 234 valence electrons. The summed E-state index contributed by atoms with van der Waals surface area (Å²) in [5, 5.41) is 15.1. The summed E-state index contributed by atoms with van der Waals surface area (Å²) in [6.07, 6.45) is 5.92. The highest BCUT2D eigenvalue weighted by atomic mass is 35.5. The van der Waals surface area contributed by atoms with Gasteiger partial charge in [0.05, 0.1) is 16.9 Å². The molecule has 0 aliphatic heterocycles. The van der Waals surface area contributed by atoms with E-state index in [2.05, 4.69) is 5.32 Å². The number of carbonyl (C=O) groups excluding carboxylic acids is 2. The molecule has 3 aromatic rings. The maximum atomic E-state index is 14.3. The zero-order chi connectivity index (χ0) is 31.9. The van der Waals surface area contributed by atoms with Crippen molar-refractivity contribution in [1.82, 2.24) is 10.2 Å². The second kappa shape index (κ2) is 14.7. The van der Waals surface area contributed by atoms with Crippen LogP contribution in [0.3, 0.4) is 0 Å². The maximum Gasteiger partial charge on any atom is 0.271 e. The lowest BCUT2D eigenvalue weighted by Gasteiger charge is -2.35. The van der Waals surface area contributed by atoms with Crippen molar-refractivity contribution in [2.75, 3.05) is 17.1 Å².